The largest absolute Gasteiger partial charge is 0.380 e. The second-order valence-corrected chi connectivity index (χ2v) is 5.32. The standard InChI is InChI=1S/C18H19N3O/c1-2-9-20-16-11-15(12-19-13-16)18(22)21-10-5-7-14-6-3-4-8-17(14)21/h2-4,6,8,11-13,20H,1,5,7,9-10H2. The first-order valence-electron chi connectivity index (χ1n) is 7.49. The number of nitrogens with one attached hydrogen (secondary N) is 1. The van der Waals surface area contributed by atoms with Crippen molar-refractivity contribution in [2.75, 3.05) is 23.3 Å². The molecule has 1 aliphatic heterocycles. The molecule has 4 nitrogen and oxygen atoms in total. The van der Waals surface area contributed by atoms with Gasteiger partial charge in [-0.3, -0.25) is 9.78 Å². The van der Waals surface area contributed by atoms with Crippen LogP contribution in [-0.2, 0) is 6.42 Å². The van der Waals surface area contributed by atoms with Gasteiger partial charge in [-0.1, -0.05) is 24.3 Å². The van der Waals surface area contributed by atoms with Crippen molar-refractivity contribution < 1.29 is 4.79 Å². The monoisotopic (exact) mass is 293 g/mol. The molecule has 1 aromatic heterocycles. The number of carbonyl (C=O) groups is 1. The Balaban J connectivity index is 1.87. The average Bonchev–Trinajstić information content (AvgIpc) is 2.59. The fraction of sp³-hybridized carbons (Fsp3) is 0.222. The zero-order valence-electron chi connectivity index (χ0n) is 12.5. The van der Waals surface area contributed by atoms with Crippen LogP contribution in [0.25, 0.3) is 0 Å². The molecule has 22 heavy (non-hydrogen) atoms. The third-order valence-corrected chi connectivity index (χ3v) is 3.79. The zero-order chi connectivity index (χ0) is 15.4. The number of fused-ring (bicyclic) bond motifs is 1. The molecule has 112 valence electrons. The van der Waals surface area contributed by atoms with Crippen LogP contribution in [-0.4, -0.2) is 24.0 Å². The van der Waals surface area contributed by atoms with Crippen LogP contribution < -0.4 is 10.2 Å². The van der Waals surface area contributed by atoms with E-state index in [-0.39, 0.29) is 5.91 Å². The summed E-state index contributed by atoms with van der Waals surface area (Å²) in [5.41, 5.74) is 3.68. The van der Waals surface area contributed by atoms with E-state index in [0.717, 1.165) is 30.8 Å². The quantitative estimate of drug-likeness (QED) is 0.880. The summed E-state index contributed by atoms with van der Waals surface area (Å²) < 4.78 is 0. The second-order valence-electron chi connectivity index (χ2n) is 5.32. The molecule has 0 bridgehead atoms. The van der Waals surface area contributed by atoms with Crippen LogP contribution in [0.5, 0.6) is 0 Å². The summed E-state index contributed by atoms with van der Waals surface area (Å²) in [6.07, 6.45) is 7.13. The van der Waals surface area contributed by atoms with Crippen molar-refractivity contribution >= 4 is 17.3 Å². The van der Waals surface area contributed by atoms with E-state index in [1.165, 1.54) is 5.56 Å². The molecule has 0 atom stereocenters. The Hall–Kier alpha value is -2.62. The first-order chi connectivity index (χ1) is 10.8. The number of anilines is 2. The molecule has 3 rings (SSSR count). The number of para-hydroxylation sites is 1. The number of benzene rings is 1. The molecule has 0 unspecified atom stereocenters. The molecule has 1 aliphatic rings. The summed E-state index contributed by atoms with van der Waals surface area (Å²) in [5, 5.41) is 3.16. The molecule has 2 aromatic rings. The van der Waals surface area contributed by atoms with Crippen LogP contribution in [0.4, 0.5) is 11.4 Å². The van der Waals surface area contributed by atoms with Crippen LogP contribution in [0.15, 0.2) is 55.4 Å². The third kappa shape index (κ3) is 2.86. The summed E-state index contributed by atoms with van der Waals surface area (Å²) in [6.45, 7) is 5.07. The van der Waals surface area contributed by atoms with Crippen molar-refractivity contribution in [2.45, 2.75) is 12.8 Å². The fourth-order valence-electron chi connectivity index (χ4n) is 2.74. The van der Waals surface area contributed by atoms with E-state index in [0.29, 0.717) is 12.1 Å². The molecule has 1 amide bonds. The summed E-state index contributed by atoms with van der Waals surface area (Å²) >= 11 is 0. The smallest absolute Gasteiger partial charge is 0.259 e. The van der Waals surface area contributed by atoms with Gasteiger partial charge in [-0.15, -0.1) is 6.58 Å². The summed E-state index contributed by atoms with van der Waals surface area (Å²) in [7, 11) is 0. The number of aryl methyl sites for hydroxylation is 1. The Morgan fingerprint density at radius 2 is 2.23 bits per heavy atom. The molecule has 2 heterocycles. The number of nitrogens with zero attached hydrogens (tertiary/aromatic N) is 2. The number of hydrogen-bond acceptors (Lipinski definition) is 3. The molecular weight excluding hydrogens is 274 g/mol. The molecular formula is C18H19N3O. The minimum Gasteiger partial charge on any atom is -0.380 e. The normalized spacial score (nSPS) is 13.4. The molecule has 1 N–H and O–H groups in total. The lowest BCUT2D eigenvalue weighted by atomic mass is 10.0. The van der Waals surface area contributed by atoms with Crippen LogP contribution in [0.3, 0.4) is 0 Å². The van der Waals surface area contributed by atoms with Gasteiger partial charge in [0.05, 0.1) is 11.3 Å². The van der Waals surface area contributed by atoms with Gasteiger partial charge in [0.15, 0.2) is 0 Å². The molecule has 0 saturated heterocycles. The Labute approximate surface area is 130 Å². The number of hydrogen-bond donors (Lipinski definition) is 1. The Bertz CT molecular complexity index is 696. The Morgan fingerprint density at radius 3 is 3.09 bits per heavy atom. The average molecular weight is 293 g/mol. The van der Waals surface area contributed by atoms with Crippen molar-refractivity contribution in [1.82, 2.24) is 4.98 Å². The summed E-state index contributed by atoms with van der Waals surface area (Å²) in [5.74, 6) is 0.00176. The van der Waals surface area contributed by atoms with Crippen LogP contribution in [0, 0.1) is 0 Å². The lowest BCUT2D eigenvalue weighted by Gasteiger charge is -2.29. The van der Waals surface area contributed by atoms with Gasteiger partial charge in [-0.05, 0) is 30.5 Å². The summed E-state index contributed by atoms with van der Waals surface area (Å²) in [4.78, 5) is 18.8. The molecule has 1 aromatic carbocycles. The minimum atomic E-state index is 0.00176. The van der Waals surface area contributed by atoms with Crippen molar-refractivity contribution in [3.63, 3.8) is 0 Å². The van der Waals surface area contributed by atoms with Gasteiger partial charge in [-0.2, -0.15) is 0 Å². The van der Waals surface area contributed by atoms with Crippen LogP contribution in [0.2, 0.25) is 0 Å². The topological polar surface area (TPSA) is 45.2 Å². The molecule has 4 heteroatoms. The van der Waals surface area contributed by atoms with Gasteiger partial charge in [0.1, 0.15) is 0 Å². The zero-order valence-corrected chi connectivity index (χ0v) is 12.5. The highest BCUT2D eigenvalue weighted by molar-refractivity contribution is 6.07. The second kappa shape index (κ2) is 6.43. The van der Waals surface area contributed by atoms with Crippen LogP contribution in [0.1, 0.15) is 22.3 Å². The maximum atomic E-state index is 12.8. The van der Waals surface area contributed by atoms with E-state index in [4.69, 9.17) is 0 Å². The molecule has 0 radical (unpaired) electrons. The van der Waals surface area contributed by atoms with Gasteiger partial charge in [0.2, 0.25) is 0 Å². The predicted octanol–water partition coefficient (Wildman–Crippen LogP) is 3.27. The highest BCUT2D eigenvalue weighted by atomic mass is 16.2. The first kappa shape index (κ1) is 14.3. The minimum absolute atomic E-state index is 0.00176. The van der Waals surface area contributed by atoms with E-state index >= 15 is 0 Å². The SMILES string of the molecule is C=CCNc1cncc(C(=O)N2CCCc3ccccc32)c1. The third-order valence-electron chi connectivity index (χ3n) is 3.79. The Morgan fingerprint density at radius 1 is 1.36 bits per heavy atom. The van der Waals surface area contributed by atoms with E-state index in [2.05, 4.69) is 22.9 Å². The lowest BCUT2D eigenvalue weighted by Crippen LogP contribution is -2.35. The van der Waals surface area contributed by atoms with E-state index in [9.17, 15) is 4.79 Å². The van der Waals surface area contributed by atoms with Crippen molar-refractivity contribution in [1.29, 1.82) is 0 Å². The van der Waals surface area contributed by atoms with Gasteiger partial charge in [0, 0.05) is 31.2 Å². The van der Waals surface area contributed by atoms with Crippen LogP contribution >= 0.6 is 0 Å². The number of aromatic nitrogens is 1. The molecule has 0 spiro atoms. The van der Waals surface area contributed by atoms with Crippen molar-refractivity contribution in [2.24, 2.45) is 0 Å². The van der Waals surface area contributed by atoms with Gasteiger partial charge in [-0.25, -0.2) is 0 Å². The van der Waals surface area contributed by atoms with E-state index in [1.807, 2.05) is 29.2 Å². The highest BCUT2D eigenvalue weighted by Crippen LogP contribution is 2.28. The molecule has 0 fully saturated rings. The number of pyridine rings is 1. The summed E-state index contributed by atoms with van der Waals surface area (Å²) in [6, 6.07) is 9.95. The number of amides is 1. The highest BCUT2D eigenvalue weighted by Gasteiger charge is 2.23. The predicted molar refractivity (Wildman–Crippen MR) is 89.4 cm³/mol. The van der Waals surface area contributed by atoms with E-state index in [1.54, 1.807) is 18.5 Å². The van der Waals surface area contributed by atoms with Crippen molar-refractivity contribution in [3.8, 4) is 0 Å². The van der Waals surface area contributed by atoms with Gasteiger partial charge in [0.25, 0.3) is 5.91 Å². The van der Waals surface area contributed by atoms with Crippen molar-refractivity contribution in [3.05, 3.63) is 66.5 Å². The van der Waals surface area contributed by atoms with Gasteiger partial charge < -0.3 is 10.2 Å². The fourth-order valence-corrected chi connectivity index (χ4v) is 2.74. The number of carbonyl (C=O) groups excluding carboxylic acids is 1. The van der Waals surface area contributed by atoms with E-state index < -0.39 is 0 Å². The first-order valence-corrected chi connectivity index (χ1v) is 7.49. The Kier molecular flexibility index (Phi) is 4.19. The molecule has 0 aliphatic carbocycles. The lowest BCUT2D eigenvalue weighted by molar-refractivity contribution is 0.0985. The molecule has 0 saturated carbocycles. The van der Waals surface area contributed by atoms with Gasteiger partial charge >= 0.3 is 0 Å². The number of rotatable bonds is 4. The maximum absolute atomic E-state index is 12.8. The maximum Gasteiger partial charge on any atom is 0.259 e.